The molecule has 0 aromatic rings. The van der Waals surface area contributed by atoms with Crippen LogP contribution in [-0.2, 0) is 113 Å². The molecule has 0 radical (unpaired) electrons. The Morgan fingerprint density at radius 1 is 0.518 bits per heavy atom. The van der Waals surface area contributed by atoms with Crippen molar-refractivity contribution >= 4 is 64.4 Å². The molecule has 0 spiro atoms. The van der Waals surface area contributed by atoms with Gasteiger partial charge in [0.1, 0.15) is 18.5 Å². The molecular weight excluding hydrogens is 1310 g/mol. The Labute approximate surface area is 585 Å². The molecule has 10 unspecified atom stereocenters. The van der Waals surface area contributed by atoms with Crippen molar-refractivity contribution in [2.24, 2.45) is 23.1 Å². The van der Waals surface area contributed by atoms with Gasteiger partial charge in [0.05, 0.1) is 48.7 Å². The van der Waals surface area contributed by atoms with E-state index in [4.69, 9.17) is 135 Å². The molecule has 24 atom stereocenters. The first-order chi connectivity index (χ1) is 35.0. The maximum absolute atomic E-state index is 12.3. The molecule has 5 rings (SSSR count). The molecule has 0 bridgehead atoms. The van der Waals surface area contributed by atoms with E-state index in [0.717, 1.165) is 0 Å². The van der Waals surface area contributed by atoms with Crippen molar-refractivity contribution in [2.75, 3.05) is 0 Å². The number of ether oxygens (including phenoxy) is 10. The second-order valence-electron chi connectivity index (χ2n) is 16.2. The SMILES string of the molecule is O=S(=O)([O-])O.O=S(=O)([O-])O.O=S(=O)([O-])O.O=S(=O)([O-])O.[CH2-]C1O[C@@H](O[C@H]2C(OC=O)O[C@@H](O[C@H]3C([CH2-])O[C@@H](C)C(N)[C@H]3O)C(OS(=O)(=O)[O-])[C@H]2O)C(N)[CH-][C@H]1O[C@@H]1OC(C(=O)O)[C@H](O[C@@H]2OC([CH2-])[C@H](O)[C@H](O)C2N)[C@H](O)C1C.[Na+].[Na+].[Na+].[Na+].[Na+]. The fourth-order valence-electron chi connectivity index (χ4n) is 7.00. The summed E-state index contributed by atoms with van der Waals surface area (Å²) in [6.07, 6.45) is -30.2. The predicted molar refractivity (Wildman–Crippen MR) is 231 cm³/mol. The minimum atomic E-state index is -5.61. The Morgan fingerprint density at radius 2 is 0.952 bits per heavy atom. The minimum Gasteiger partial charge on any atom is -0.726 e. The number of carboxylic acids is 1. The van der Waals surface area contributed by atoms with Gasteiger partial charge in [0.15, 0.2) is 37.2 Å². The van der Waals surface area contributed by atoms with Crippen LogP contribution in [0.2, 0.25) is 0 Å². The molecule has 5 heterocycles. The largest absolute Gasteiger partial charge is 1.00 e. The number of aliphatic carboxylic acids is 1. The summed E-state index contributed by atoms with van der Waals surface area (Å²) in [5.41, 5.74) is 18.2. The van der Waals surface area contributed by atoms with Crippen LogP contribution in [0.3, 0.4) is 0 Å². The van der Waals surface area contributed by atoms with E-state index in [0.29, 0.717) is 0 Å². The molecule has 464 valence electrons. The van der Waals surface area contributed by atoms with E-state index in [-0.39, 0.29) is 154 Å². The Balaban J connectivity index is -0.000000698. The quantitative estimate of drug-likeness (QED) is 0.0268. The molecule has 16 N–H and O–H groups in total. The van der Waals surface area contributed by atoms with Crippen LogP contribution in [-0.4, -0.2) is 267 Å². The third kappa shape index (κ3) is 36.0. The average molecular weight is 1360 g/mol. The Bertz CT molecular complexity index is 2340. The van der Waals surface area contributed by atoms with Gasteiger partial charge in [0.25, 0.3) is 6.47 Å². The van der Waals surface area contributed by atoms with Gasteiger partial charge in [0, 0.05) is 5.92 Å². The average Bonchev–Trinajstić information content (AvgIpc) is 3.23. The first-order valence-electron chi connectivity index (χ1n) is 20.6. The normalized spacial score (nSPS) is 38.1. The Morgan fingerprint density at radius 3 is 1.39 bits per heavy atom. The van der Waals surface area contributed by atoms with Gasteiger partial charge >= 0.3 is 154 Å². The van der Waals surface area contributed by atoms with Crippen molar-refractivity contribution in [3.63, 3.8) is 0 Å². The van der Waals surface area contributed by atoms with Crippen LogP contribution in [0.25, 0.3) is 0 Å². The summed E-state index contributed by atoms with van der Waals surface area (Å²) < 4.78 is 227. The minimum absolute atomic E-state index is 0. The van der Waals surface area contributed by atoms with E-state index < -0.39 is 205 Å². The van der Waals surface area contributed by atoms with Gasteiger partial charge < -0.3 is 139 Å². The second-order valence-corrected chi connectivity index (χ2v) is 20.6. The maximum atomic E-state index is 12.3. The predicted octanol–water partition coefficient (Wildman–Crippen LogP) is -25.6. The van der Waals surface area contributed by atoms with Crippen molar-refractivity contribution in [3.8, 4) is 0 Å². The fourth-order valence-corrected chi connectivity index (χ4v) is 7.47. The maximum Gasteiger partial charge on any atom is 1.00 e. The summed E-state index contributed by atoms with van der Waals surface area (Å²) in [4.78, 5) is 23.8. The molecule has 5 aliphatic rings. The summed E-state index contributed by atoms with van der Waals surface area (Å²) >= 11 is 0. The van der Waals surface area contributed by atoms with Gasteiger partial charge in [-0.15, -0.1) is 0 Å². The van der Waals surface area contributed by atoms with Gasteiger partial charge in [-0.25, -0.2) is 46.9 Å². The topological polar surface area (TPSA) is 702 Å². The molecule has 41 nitrogen and oxygen atoms in total. The van der Waals surface area contributed by atoms with Crippen molar-refractivity contribution in [1.82, 2.24) is 0 Å². The van der Waals surface area contributed by atoms with E-state index in [1.54, 1.807) is 6.92 Å². The van der Waals surface area contributed by atoms with E-state index in [9.17, 15) is 53.2 Å². The summed E-state index contributed by atoms with van der Waals surface area (Å²) in [6, 6.07) is -3.70. The third-order valence-corrected chi connectivity index (χ3v) is 10.8. The zero-order valence-corrected chi connectivity index (χ0v) is 58.4. The zero-order valence-electron chi connectivity index (χ0n) is 44.3. The van der Waals surface area contributed by atoms with Crippen LogP contribution in [0.1, 0.15) is 13.8 Å². The van der Waals surface area contributed by atoms with E-state index in [1.165, 1.54) is 13.3 Å². The van der Waals surface area contributed by atoms with E-state index in [1.807, 2.05) is 0 Å². The number of nitrogens with two attached hydrogens (primary N) is 3. The molecule has 0 aromatic carbocycles. The Kier molecular flexibility index (Phi) is 46.2. The summed E-state index contributed by atoms with van der Waals surface area (Å²) in [5.74, 6) is -2.62. The number of hydrogen-bond acceptors (Lipinski definition) is 36. The van der Waals surface area contributed by atoms with Crippen LogP contribution in [0.4, 0.5) is 0 Å². The number of carbonyl (C=O) groups is 2. The van der Waals surface area contributed by atoms with E-state index >= 15 is 0 Å². The van der Waals surface area contributed by atoms with Gasteiger partial charge in [-0.3, -0.25) is 33.6 Å². The van der Waals surface area contributed by atoms with Crippen LogP contribution in [0, 0.1) is 33.1 Å². The first-order valence-corrected chi connectivity index (χ1v) is 27.4. The summed E-state index contributed by atoms with van der Waals surface area (Å²) in [5, 5.41) is 63.5. The molecule has 0 saturated carbocycles. The Hall–Kier alpha value is 2.61. The number of aliphatic hydroxyl groups is 5. The van der Waals surface area contributed by atoms with Crippen molar-refractivity contribution in [2.45, 2.75) is 155 Å². The van der Waals surface area contributed by atoms with Crippen molar-refractivity contribution in [3.05, 3.63) is 27.2 Å². The number of carbonyl (C=O) groups excluding carboxylic acids is 1. The summed E-state index contributed by atoms with van der Waals surface area (Å²) in [7, 11) is -25.3. The van der Waals surface area contributed by atoms with Gasteiger partial charge in [-0.05, 0) is 19.1 Å². The van der Waals surface area contributed by atoms with Gasteiger partial charge in [-0.1, -0.05) is 25.2 Å². The van der Waals surface area contributed by atoms with Crippen molar-refractivity contribution < 1.29 is 323 Å². The molecule has 5 aliphatic heterocycles. The molecule has 0 aromatic heterocycles. The molecule has 51 heteroatoms. The fraction of sp³-hybridized carbons (Fsp3) is 0.812. The van der Waals surface area contributed by atoms with Crippen LogP contribution < -0.4 is 165 Å². The number of hydrogen-bond donors (Lipinski definition) is 13. The van der Waals surface area contributed by atoms with Gasteiger partial charge in [-0.2, -0.15) is 0 Å². The van der Waals surface area contributed by atoms with Crippen LogP contribution >= 0.6 is 0 Å². The second kappa shape index (κ2) is 40.7. The first kappa shape index (κ1) is 94.3. The molecule has 5 saturated heterocycles. The molecule has 0 amide bonds. The summed E-state index contributed by atoms with van der Waals surface area (Å²) in [6.45, 7) is 14.0. The van der Waals surface area contributed by atoms with Gasteiger partial charge in [0.2, 0.25) is 58.3 Å². The zero-order chi connectivity index (χ0) is 61.1. The van der Waals surface area contributed by atoms with Crippen LogP contribution in [0.5, 0.6) is 0 Å². The smallest absolute Gasteiger partial charge is 0.726 e. The number of aliphatic hydroxyl groups excluding tert-OH is 5. The van der Waals surface area contributed by atoms with Crippen LogP contribution in [0.15, 0.2) is 0 Å². The third-order valence-electron chi connectivity index (χ3n) is 10.4. The molecular formula is C32H54N3Na5O38S5-4. The monoisotopic (exact) mass is 1360 g/mol. The number of rotatable bonds is 13. The standard InChI is InChI=1S/C32H51N3O22S.5Na.4H2O4S/c1-8-17(37)23(53-30-16(35)19(39)18(38)11(4)50-30)26(27(42)43)55-28(8)51-14-6-13(33)29(49-9(14)2)54-24-21(41)25(57-58(44,45)46)32(56-31(24)47-7-36)52-22-12(5)48-10(3)15(34)20(22)40;;;;;;4*1-5(2,3)4/h6-26,28-32,37-41H,2,4-5,33-35H2,1,3H3,(H,42,43)(H,44,45,46);;;;;;4*(H2,1,2,3,4)/q-4;5*+1;;;;/p-5/t8?,9?,10-,11?,12?,13?,14+,15?,16?,17+,18-,19+,20+,21-,22-,23+,24+,25?,26?,28+,29-,30-,31?,32+;;;;;;;;;/m0........./s1. The van der Waals surface area contributed by atoms with Crippen molar-refractivity contribution in [1.29, 1.82) is 0 Å². The van der Waals surface area contributed by atoms with E-state index in [2.05, 4.69) is 25.0 Å². The molecule has 83 heavy (non-hydrogen) atoms. The number of carboxylic acid groups (broad SMARTS) is 1. The molecule has 0 aliphatic carbocycles. The molecule has 5 fully saturated rings.